The third kappa shape index (κ3) is 5.43. The van der Waals surface area contributed by atoms with Crippen molar-refractivity contribution in [3.63, 3.8) is 0 Å². The highest BCUT2D eigenvalue weighted by atomic mass is 16.3. The zero-order valence-electron chi connectivity index (χ0n) is 31.9. The lowest BCUT2D eigenvalue weighted by atomic mass is 9.93. The lowest BCUT2D eigenvalue weighted by Crippen LogP contribution is -2.10. The Balaban J connectivity index is 0.954. The number of aromatic nitrogens is 1. The molecular formula is C54H35N3O2. The van der Waals surface area contributed by atoms with Gasteiger partial charge in [-0.05, 0) is 104 Å². The summed E-state index contributed by atoms with van der Waals surface area (Å²) in [5.74, 6) is 0.880. The van der Waals surface area contributed by atoms with Crippen molar-refractivity contribution < 1.29 is 8.83 Å². The standard InChI is InChI=1S/C54H35N3O2/c1-2-9-41-37(8-1)32-49(45-11-4-3-10-44(41)45)36-20-26-40(27-21-36)57(38-22-16-34(17-23-38)42-13-7-14-47-46-28-30-55-33-51(46)59-53(42)47)39-24-18-35(19-25-39)43-29-31-56-52-48-12-5-6-15-50(48)58-54(43)52/h1-30,32-33,56H,31H2. The Bertz CT molecular complexity index is 3430. The molecule has 0 saturated carbocycles. The highest BCUT2D eigenvalue weighted by Crippen LogP contribution is 2.43. The Hall–Kier alpha value is -7.89. The molecule has 0 saturated heterocycles. The first kappa shape index (κ1) is 33.3. The first-order valence-corrected chi connectivity index (χ1v) is 20.0. The predicted molar refractivity (Wildman–Crippen MR) is 244 cm³/mol. The van der Waals surface area contributed by atoms with Crippen molar-refractivity contribution in [2.24, 2.45) is 0 Å². The van der Waals surface area contributed by atoms with Gasteiger partial charge in [0.15, 0.2) is 11.3 Å². The molecule has 0 amide bonds. The highest BCUT2D eigenvalue weighted by Gasteiger charge is 2.23. The monoisotopic (exact) mass is 757 g/mol. The highest BCUT2D eigenvalue weighted by molar-refractivity contribution is 6.14. The number of hydrogen-bond acceptors (Lipinski definition) is 5. The number of benzene rings is 8. The molecule has 5 heteroatoms. The van der Waals surface area contributed by atoms with Crippen LogP contribution in [0.3, 0.4) is 0 Å². The van der Waals surface area contributed by atoms with Crippen LogP contribution in [0.25, 0.3) is 82.3 Å². The molecule has 1 aliphatic heterocycles. The van der Waals surface area contributed by atoms with E-state index in [4.69, 9.17) is 8.83 Å². The molecule has 59 heavy (non-hydrogen) atoms. The Labute approximate surface area is 340 Å². The topological polar surface area (TPSA) is 54.4 Å². The molecule has 0 fully saturated rings. The van der Waals surface area contributed by atoms with Crippen molar-refractivity contribution in [2.75, 3.05) is 16.8 Å². The summed E-state index contributed by atoms with van der Waals surface area (Å²) in [7, 11) is 0. The van der Waals surface area contributed by atoms with Gasteiger partial charge in [0.1, 0.15) is 11.2 Å². The minimum Gasteiger partial charge on any atom is -0.454 e. The molecular weight excluding hydrogens is 723 g/mol. The molecule has 0 bridgehead atoms. The summed E-state index contributed by atoms with van der Waals surface area (Å²) in [6.07, 6.45) is 5.82. The van der Waals surface area contributed by atoms with E-state index in [0.717, 1.165) is 90.2 Å². The number of rotatable bonds is 6. The number of fused-ring (bicyclic) bond motifs is 9. The van der Waals surface area contributed by atoms with Gasteiger partial charge in [0, 0.05) is 57.1 Å². The van der Waals surface area contributed by atoms with Gasteiger partial charge in [-0.2, -0.15) is 0 Å². The molecule has 1 N–H and O–H groups in total. The fraction of sp³-hybridized carbons (Fsp3) is 0.0185. The van der Waals surface area contributed by atoms with E-state index in [1.165, 1.54) is 32.7 Å². The first-order chi connectivity index (χ1) is 29.2. The molecule has 11 aromatic rings. The number of nitrogens with one attached hydrogen (secondary N) is 1. The zero-order valence-corrected chi connectivity index (χ0v) is 31.9. The van der Waals surface area contributed by atoms with Crippen LogP contribution in [0, 0.1) is 0 Å². The molecule has 12 rings (SSSR count). The molecule has 8 aromatic carbocycles. The summed E-state index contributed by atoms with van der Waals surface area (Å²) in [5, 5.41) is 11.8. The SMILES string of the molecule is C1=C(c2ccc(N(c3ccc(-c4cc5ccccc5c5ccccc45)cc3)c3ccc(-c4cccc5c4oc4cnccc45)cc3)cc2)c2oc3ccccc3c2NC1. The van der Waals surface area contributed by atoms with Crippen LogP contribution in [-0.2, 0) is 0 Å². The van der Waals surface area contributed by atoms with Crippen molar-refractivity contribution in [3.8, 4) is 22.3 Å². The Kier molecular flexibility index (Phi) is 7.53. The van der Waals surface area contributed by atoms with Gasteiger partial charge in [0.2, 0.25) is 0 Å². The van der Waals surface area contributed by atoms with Gasteiger partial charge in [-0.15, -0.1) is 0 Å². The summed E-state index contributed by atoms with van der Waals surface area (Å²) < 4.78 is 12.8. The molecule has 4 heterocycles. The second-order valence-corrected chi connectivity index (χ2v) is 15.1. The average Bonchev–Trinajstić information content (AvgIpc) is 3.89. The van der Waals surface area contributed by atoms with Crippen LogP contribution in [0.1, 0.15) is 11.3 Å². The normalized spacial score (nSPS) is 12.6. The first-order valence-electron chi connectivity index (χ1n) is 20.0. The predicted octanol–water partition coefficient (Wildman–Crippen LogP) is 14.7. The molecule has 0 radical (unpaired) electrons. The van der Waals surface area contributed by atoms with Crippen LogP contribution in [-0.4, -0.2) is 11.5 Å². The van der Waals surface area contributed by atoms with Gasteiger partial charge in [-0.25, -0.2) is 0 Å². The van der Waals surface area contributed by atoms with E-state index in [1.54, 1.807) is 6.20 Å². The van der Waals surface area contributed by atoms with E-state index in [-0.39, 0.29) is 0 Å². The van der Waals surface area contributed by atoms with E-state index in [1.807, 2.05) is 24.4 Å². The fourth-order valence-electron chi connectivity index (χ4n) is 9.00. The summed E-state index contributed by atoms with van der Waals surface area (Å²) in [5.41, 5.74) is 13.5. The van der Waals surface area contributed by atoms with Crippen LogP contribution in [0.15, 0.2) is 203 Å². The number of pyridine rings is 1. The number of nitrogens with zero attached hydrogens (tertiary/aromatic N) is 2. The van der Waals surface area contributed by atoms with E-state index in [9.17, 15) is 0 Å². The van der Waals surface area contributed by atoms with Gasteiger partial charge in [-0.1, -0.05) is 121 Å². The lowest BCUT2D eigenvalue weighted by molar-refractivity contribution is 0.600. The fourth-order valence-corrected chi connectivity index (χ4v) is 9.00. The Morgan fingerprint density at radius 3 is 1.86 bits per heavy atom. The third-order valence-electron chi connectivity index (χ3n) is 11.8. The molecule has 0 atom stereocenters. The van der Waals surface area contributed by atoms with Gasteiger partial charge >= 0.3 is 0 Å². The van der Waals surface area contributed by atoms with E-state index >= 15 is 0 Å². The second-order valence-electron chi connectivity index (χ2n) is 15.1. The van der Waals surface area contributed by atoms with Crippen LogP contribution >= 0.6 is 0 Å². The van der Waals surface area contributed by atoms with Crippen molar-refractivity contribution >= 4 is 82.8 Å². The largest absolute Gasteiger partial charge is 0.454 e. The molecule has 0 aliphatic carbocycles. The summed E-state index contributed by atoms with van der Waals surface area (Å²) in [6, 6.07) is 62.9. The molecule has 0 spiro atoms. The summed E-state index contributed by atoms with van der Waals surface area (Å²) in [4.78, 5) is 6.61. The number of hydrogen-bond donors (Lipinski definition) is 1. The minimum atomic E-state index is 0.740. The van der Waals surface area contributed by atoms with Crippen LogP contribution < -0.4 is 10.2 Å². The third-order valence-corrected chi connectivity index (χ3v) is 11.8. The van der Waals surface area contributed by atoms with Crippen molar-refractivity contribution in [2.45, 2.75) is 0 Å². The van der Waals surface area contributed by atoms with Crippen molar-refractivity contribution in [3.05, 3.63) is 206 Å². The molecule has 278 valence electrons. The van der Waals surface area contributed by atoms with Gasteiger partial charge < -0.3 is 19.1 Å². The molecule has 3 aromatic heterocycles. The van der Waals surface area contributed by atoms with Crippen molar-refractivity contribution in [1.29, 1.82) is 0 Å². The Morgan fingerprint density at radius 1 is 0.475 bits per heavy atom. The molecule has 1 aliphatic rings. The molecule has 0 unspecified atom stereocenters. The number of para-hydroxylation sites is 2. The maximum atomic E-state index is 6.41. The molecule has 5 nitrogen and oxygen atoms in total. The van der Waals surface area contributed by atoms with Gasteiger partial charge in [0.25, 0.3) is 0 Å². The summed E-state index contributed by atoms with van der Waals surface area (Å²) >= 11 is 0. The Morgan fingerprint density at radius 2 is 1.10 bits per heavy atom. The lowest BCUT2D eigenvalue weighted by Gasteiger charge is -2.26. The van der Waals surface area contributed by atoms with Crippen molar-refractivity contribution in [1.82, 2.24) is 4.98 Å². The average molecular weight is 758 g/mol. The summed E-state index contributed by atoms with van der Waals surface area (Å²) in [6.45, 7) is 0.740. The number of anilines is 4. The maximum Gasteiger partial charge on any atom is 0.158 e. The van der Waals surface area contributed by atoms with E-state index < -0.39 is 0 Å². The van der Waals surface area contributed by atoms with Gasteiger partial charge in [0.05, 0.1) is 11.9 Å². The smallest absolute Gasteiger partial charge is 0.158 e. The van der Waals surface area contributed by atoms with Gasteiger partial charge in [-0.3, -0.25) is 4.98 Å². The zero-order chi connectivity index (χ0) is 38.9. The van der Waals surface area contributed by atoms with Crippen LogP contribution in [0.2, 0.25) is 0 Å². The van der Waals surface area contributed by atoms with Crippen LogP contribution in [0.5, 0.6) is 0 Å². The minimum absolute atomic E-state index is 0.740. The van der Waals surface area contributed by atoms with Crippen LogP contribution in [0.4, 0.5) is 22.7 Å². The second kappa shape index (κ2) is 13.4. The maximum absolute atomic E-state index is 6.41. The van der Waals surface area contributed by atoms with E-state index in [0.29, 0.717) is 0 Å². The quantitative estimate of drug-likeness (QED) is 0.171. The van der Waals surface area contributed by atoms with E-state index in [2.05, 4.69) is 179 Å². The number of furan rings is 2.